The van der Waals surface area contributed by atoms with Crippen LogP contribution in [0.3, 0.4) is 0 Å². The number of phenolic OH excluding ortho intramolecular Hbond substituents is 3. The Bertz CT molecular complexity index is 1360. The Labute approximate surface area is 201 Å². The number of ether oxygens (including phenoxy) is 3. The second-order valence-corrected chi connectivity index (χ2v) is 8.06. The van der Waals surface area contributed by atoms with Gasteiger partial charge in [0, 0.05) is 24.6 Å². The molecule has 13 nitrogen and oxygen atoms in total. The van der Waals surface area contributed by atoms with Gasteiger partial charge in [0.05, 0.1) is 0 Å². The monoisotopic (exact) mass is 506 g/mol. The van der Waals surface area contributed by atoms with Crippen LogP contribution >= 0.6 is 0 Å². The maximum Gasteiger partial charge on any atom is 0.302 e. The van der Waals surface area contributed by atoms with Crippen molar-refractivity contribution in [3.8, 4) is 40.1 Å². The van der Waals surface area contributed by atoms with Crippen molar-refractivity contribution in [2.75, 3.05) is 6.61 Å². The molecule has 5 atom stereocenters. The topological polar surface area (TPSA) is 217 Å². The van der Waals surface area contributed by atoms with Crippen LogP contribution in [-0.4, -0.2) is 79.0 Å². The fraction of sp³-hybridized carbons (Fsp3) is 0.304. The van der Waals surface area contributed by atoms with E-state index in [1.807, 2.05) is 0 Å². The number of aliphatic hydroxyl groups excluding tert-OH is 3. The largest absolute Gasteiger partial charge is 0.508 e. The molecule has 13 heteroatoms. The van der Waals surface area contributed by atoms with Gasteiger partial charge in [0.1, 0.15) is 53.5 Å². The van der Waals surface area contributed by atoms with Gasteiger partial charge in [-0.2, -0.15) is 0 Å². The first kappa shape index (κ1) is 25.1. The van der Waals surface area contributed by atoms with Gasteiger partial charge in [-0.05, 0) is 18.2 Å². The molecule has 0 radical (unpaired) electrons. The quantitative estimate of drug-likeness (QED) is 0.228. The molecular weight excluding hydrogens is 484 g/mol. The van der Waals surface area contributed by atoms with E-state index in [9.17, 15) is 45.3 Å². The van der Waals surface area contributed by atoms with Crippen LogP contribution < -0.4 is 10.2 Å². The molecule has 0 bridgehead atoms. The number of benzene rings is 2. The van der Waals surface area contributed by atoms with Gasteiger partial charge in [0.2, 0.25) is 17.5 Å². The summed E-state index contributed by atoms with van der Waals surface area (Å²) in [4.78, 5) is 23.7. The molecule has 1 fully saturated rings. The van der Waals surface area contributed by atoms with Crippen molar-refractivity contribution < 1.29 is 59.2 Å². The number of fused-ring (bicyclic) bond motifs is 1. The second-order valence-electron chi connectivity index (χ2n) is 8.06. The zero-order valence-corrected chi connectivity index (χ0v) is 18.6. The SMILES string of the molecule is CC(=O)OC[C@H]1O[C@@H](Oc2cc(-c3oc4cc(O)cc(O)c4c(=O)c3O)ccc2O)[C@H](O)[C@@H](O)[C@@H]1O. The zero-order chi connectivity index (χ0) is 26.3. The van der Waals surface area contributed by atoms with Crippen LogP contribution in [0.1, 0.15) is 6.92 Å². The van der Waals surface area contributed by atoms with Crippen LogP contribution in [0.25, 0.3) is 22.3 Å². The van der Waals surface area contributed by atoms with Crippen LogP contribution in [0.5, 0.6) is 28.7 Å². The van der Waals surface area contributed by atoms with Crippen molar-refractivity contribution in [2.45, 2.75) is 37.6 Å². The molecule has 2 aromatic carbocycles. The van der Waals surface area contributed by atoms with Gasteiger partial charge >= 0.3 is 5.97 Å². The molecule has 36 heavy (non-hydrogen) atoms. The number of rotatable bonds is 5. The molecule has 1 aliphatic heterocycles. The Morgan fingerprint density at radius 1 is 0.972 bits per heavy atom. The molecule has 0 spiro atoms. The number of hydrogen-bond donors (Lipinski definition) is 7. The van der Waals surface area contributed by atoms with Crippen molar-refractivity contribution >= 4 is 16.9 Å². The lowest BCUT2D eigenvalue weighted by atomic mass is 9.99. The number of carbonyl (C=O) groups excluding carboxylic acids is 1. The molecule has 0 saturated carbocycles. The predicted octanol–water partition coefficient (Wildman–Crippen LogP) is 0.0319. The van der Waals surface area contributed by atoms with Crippen molar-refractivity contribution in [3.05, 3.63) is 40.6 Å². The molecule has 3 aromatic rings. The number of aromatic hydroxyl groups is 4. The van der Waals surface area contributed by atoms with E-state index >= 15 is 0 Å². The van der Waals surface area contributed by atoms with E-state index in [2.05, 4.69) is 0 Å². The number of phenols is 3. The van der Waals surface area contributed by atoms with Crippen LogP contribution in [0.4, 0.5) is 0 Å². The third-order valence-corrected chi connectivity index (χ3v) is 5.52. The Morgan fingerprint density at radius 3 is 2.39 bits per heavy atom. The van der Waals surface area contributed by atoms with E-state index in [4.69, 9.17) is 18.6 Å². The average Bonchev–Trinajstić information content (AvgIpc) is 2.81. The van der Waals surface area contributed by atoms with Gasteiger partial charge in [-0.25, -0.2) is 0 Å². The summed E-state index contributed by atoms with van der Waals surface area (Å²) in [5, 5.41) is 70.5. The van der Waals surface area contributed by atoms with Crippen LogP contribution in [-0.2, 0) is 14.3 Å². The Hall–Kier alpha value is -4.04. The van der Waals surface area contributed by atoms with Gasteiger partial charge < -0.3 is 54.4 Å². The van der Waals surface area contributed by atoms with E-state index in [0.29, 0.717) is 0 Å². The smallest absolute Gasteiger partial charge is 0.302 e. The van der Waals surface area contributed by atoms with E-state index in [1.165, 1.54) is 6.07 Å². The molecule has 192 valence electrons. The highest BCUT2D eigenvalue weighted by molar-refractivity contribution is 5.88. The lowest BCUT2D eigenvalue weighted by Crippen LogP contribution is -2.60. The number of aliphatic hydroxyl groups is 3. The Morgan fingerprint density at radius 2 is 1.69 bits per heavy atom. The first-order valence-corrected chi connectivity index (χ1v) is 10.5. The molecular formula is C23H22O13. The first-order valence-electron chi connectivity index (χ1n) is 10.5. The minimum atomic E-state index is -1.78. The summed E-state index contributed by atoms with van der Waals surface area (Å²) in [6, 6.07) is 5.45. The van der Waals surface area contributed by atoms with Crippen LogP contribution in [0.2, 0.25) is 0 Å². The summed E-state index contributed by atoms with van der Waals surface area (Å²) < 4.78 is 21.2. The fourth-order valence-electron chi connectivity index (χ4n) is 3.70. The molecule has 0 amide bonds. The summed E-state index contributed by atoms with van der Waals surface area (Å²) >= 11 is 0. The highest BCUT2D eigenvalue weighted by Gasteiger charge is 2.45. The van der Waals surface area contributed by atoms with Crippen molar-refractivity contribution in [2.24, 2.45) is 0 Å². The Kier molecular flexibility index (Phi) is 6.65. The van der Waals surface area contributed by atoms with Gasteiger partial charge in [-0.3, -0.25) is 9.59 Å². The summed E-state index contributed by atoms with van der Waals surface area (Å²) in [7, 11) is 0. The van der Waals surface area contributed by atoms with Crippen molar-refractivity contribution in [3.63, 3.8) is 0 Å². The maximum absolute atomic E-state index is 12.6. The number of esters is 1. The summed E-state index contributed by atoms with van der Waals surface area (Å²) in [5.41, 5.74) is -1.22. The predicted molar refractivity (Wildman–Crippen MR) is 119 cm³/mol. The molecule has 1 saturated heterocycles. The molecule has 2 heterocycles. The number of hydrogen-bond acceptors (Lipinski definition) is 13. The highest BCUT2D eigenvalue weighted by atomic mass is 16.7. The maximum atomic E-state index is 12.6. The molecule has 4 rings (SSSR count). The van der Waals surface area contributed by atoms with E-state index in [1.54, 1.807) is 0 Å². The van der Waals surface area contributed by atoms with Gasteiger partial charge in [-0.15, -0.1) is 0 Å². The van der Waals surface area contributed by atoms with E-state index in [-0.39, 0.29) is 22.3 Å². The zero-order valence-electron chi connectivity index (χ0n) is 18.6. The molecule has 0 unspecified atom stereocenters. The van der Waals surface area contributed by atoms with Crippen molar-refractivity contribution in [1.29, 1.82) is 0 Å². The molecule has 1 aliphatic rings. The second kappa shape index (κ2) is 9.54. The van der Waals surface area contributed by atoms with E-state index in [0.717, 1.165) is 31.2 Å². The highest BCUT2D eigenvalue weighted by Crippen LogP contribution is 2.39. The van der Waals surface area contributed by atoms with Crippen LogP contribution in [0, 0.1) is 0 Å². The summed E-state index contributed by atoms with van der Waals surface area (Å²) in [5.74, 6) is -3.76. The standard InChI is InChI=1S/C23H22O13/c1-8(24)33-7-15-17(28)19(30)21(32)23(36-15)35-13-4-9(2-3-11(13)26)22-20(31)18(29)16-12(27)5-10(25)6-14(16)34-22/h2-6,15,17,19,21,23,25-28,30-32H,7H2,1H3/t15-,17-,19+,21-,23-/m1/s1. The van der Waals surface area contributed by atoms with E-state index < -0.39 is 77.5 Å². The average molecular weight is 506 g/mol. The Balaban J connectivity index is 1.69. The molecule has 1 aromatic heterocycles. The fourth-order valence-corrected chi connectivity index (χ4v) is 3.70. The normalized spacial score (nSPS) is 23.9. The third-order valence-electron chi connectivity index (χ3n) is 5.52. The summed E-state index contributed by atoms with van der Waals surface area (Å²) in [6.07, 6.45) is -8.07. The third kappa shape index (κ3) is 4.59. The first-order chi connectivity index (χ1) is 17.0. The van der Waals surface area contributed by atoms with Crippen LogP contribution in [0.15, 0.2) is 39.5 Å². The summed E-state index contributed by atoms with van der Waals surface area (Å²) in [6.45, 7) is 0.670. The molecule has 0 aliphatic carbocycles. The van der Waals surface area contributed by atoms with Gasteiger partial charge in [0.15, 0.2) is 17.3 Å². The lowest BCUT2D eigenvalue weighted by molar-refractivity contribution is -0.278. The minimum absolute atomic E-state index is 0.00415. The van der Waals surface area contributed by atoms with Crippen molar-refractivity contribution in [1.82, 2.24) is 0 Å². The minimum Gasteiger partial charge on any atom is -0.508 e. The molecule has 7 N–H and O–H groups in total. The van der Waals surface area contributed by atoms with Gasteiger partial charge in [-0.1, -0.05) is 0 Å². The van der Waals surface area contributed by atoms with Gasteiger partial charge in [0.25, 0.3) is 0 Å². The lowest BCUT2D eigenvalue weighted by Gasteiger charge is -2.39. The number of carbonyl (C=O) groups is 1.